The van der Waals surface area contributed by atoms with Crippen molar-refractivity contribution in [3.63, 3.8) is 0 Å². The Balaban J connectivity index is 1.80. The quantitative estimate of drug-likeness (QED) is 0.795. The first-order valence-corrected chi connectivity index (χ1v) is 6.94. The molecule has 1 aromatic carbocycles. The molecule has 1 fully saturated rings. The van der Waals surface area contributed by atoms with E-state index in [-0.39, 0.29) is 0 Å². The Labute approximate surface area is 111 Å². The largest absolute Gasteiger partial charge is 0.429 e. The van der Waals surface area contributed by atoms with Crippen LogP contribution in [0.4, 0.5) is 0 Å². The summed E-state index contributed by atoms with van der Waals surface area (Å²) in [5.41, 5.74) is 0. The molecule has 0 unspecified atom stereocenters. The summed E-state index contributed by atoms with van der Waals surface area (Å²) in [5, 5.41) is 0.644. The highest BCUT2D eigenvalue weighted by molar-refractivity contribution is 14.1. The topological polar surface area (TPSA) is 35.0 Å². The highest BCUT2D eigenvalue weighted by Crippen LogP contribution is 2.40. The summed E-state index contributed by atoms with van der Waals surface area (Å²) in [5.74, 6) is 2.39. The molecule has 3 nitrogen and oxygen atoms in total. The van der Waals surface area contributed by atoms with E-state index in [9.17, 15) is 0 Å². The van der Waals surface area contributed by atoms with Crippen LogP contribution in [0.3, 0.4) is 0 Å². The first-order valence-electron chi connectivity index (χ1n) is 5.09. The number of para-hydroxylation sites is 1. The van der Waals surface area contributed by atoms with Crippen molar-refractivity contribution in [2.24, 2.45) is 0 Å². The van der Waals surface area contributed by atoms with Gasteiger partial charge in [-0.25, -0.2) is 0 Å². The van der Waals surface area contributed by atoms with Crippen molar-refractivity contribution in [2.75, 3.05) is 0 Å². The van der Waals surface area contributed by atoms with E-state index in [0.29, 0.717) is 11.1 Å². The van der Waals surface area contributed by atoms with Gasteiger partial charge in [-0.1, -0.05) is 12.1 Å². The van der Waals surface area contributed by atoms with Crippen LogP contribution in [0.2, 0.25) is 0 Å². The predicted molar refractivity (Wildman–Crippen MR) is 71.1 cm³/mol. The van der Waals surface area contributed by atoms with Crippen molar-refractivity contribution in [1.29, 1.82) is 0 Å². The van der Waals surface area contributed by atoms with Crippen LogP contribution in [-0.2, 0) is 0 Å². The number of nitrogens with zero attached hydrogens (tertiary/aromatic N) is 2. The molecular formula is C11H9IN2OS. The summed E-state index contributed by atoms with van der Waals surface area (Å²) in [6.07, 6.45) is 2.44. The van der Waals surface area contributed by atoms with Gasteiger partial charge in [0, 0.05) is 17.5 Å². The van der Waals surface area contributed by atoms with Crippen LogP contribution in [0.1, 0.15) is 24.6 Å². The zero-order valence-corrected chi connectivity index (χ0v) is 11.4. The van der Waals surface area contributed by atoms with E-state index in [0.717, 1.165) is 15.1 Å². The monoisotopic (exact) mass is 344 g/mol. The third-order valence-electron chi connectivity index (χ3n) is 2.40. The van der Waals surface area contributed by atoms with Crippen molar-refractivity contribution in [3.8, 4) is 10.9 Å². The summed E-state index contributed by atoms with van der Waals surface area (Å²) in [7, 11) is 0. The van der Waals surface area contributed by atoms with Crippen molar-refractivity contribution in [1.82, 2.24) is 9.36 Å². The smallest absolute Gasteiger partial charge is 0.298 e. The molecule has 5 heteroatoms. The maximum Gasteiger partial charge on any atom is 0.298 e. The summed E-state index contributed by atoms with van der Waals surface area (Å²) in [4.78, 5) is 4.39. The van der Waals surface area contributed by atoms with Gasteiger partial charge in [-0.05, 0) is 47.6 Å². The Hall–Kier alpha value is -0.690. The summed E-state index contributed by atoms with van der Waals surface area (Å²) < 4.78 is 11.1. The molecule has 1 aromatic heterocycles. The molecule has 1 aliphatic carbocycles. The average Bonchev–Trinajstić information content (AvgIpc) is 3.03. The Bertz CT molecular complexity index is 510. The third-order valence-corrected chi connectivity index (χ3v) is 3.90. The van der Waals surface area contributed by atoms with Gasteiger partial charge in [0.25, 0.3) is 5.19 Å². The van der Waals surface area contributed by atoms with E-state index >= 15 is 0 Å². The van der Waals surface area contributed by atoms with Crippen LogP contribution in [0.15, 0.2) is 24.3 Å². The molecule has 0 atom stereocenters. The minimum atomic E-state index is 0.587. The van der Waals surface area contributed by atoms with Crippen molar-refractivity contribution in [2.45, 2.75) is 18.8 Å². The maximum atomic E-state index is 5.71. The van der Waals surface area contributed by atoms with E-state index in [1.165, 1.54) is 24.4 Å². The van der Waals surface area contributed by atoms with Crippen LogP contribution < -0.4 is 4.74 Å². The molecule has 0 radical (unpaired) electrons. The molecule has 0 amide bonds. The molecule has 2 aromatic rings. The Morgan fingerprint density at radius 3 is 2.88 bits per heavy atom. The average molecular weight is 344 g/mol. The van der Waals surface area contributed by atoms with E-state index in [1.54, 1.807) is 0 Å². The van der Waals surface area contributed by atoms with Gasteiger partial charge >= 0.3 is 0 Å². The van der Waals surface area contributed by atoms with Gasteiger partial charge in [-0.3, -0.25) is 0 Å². The lowest BCUT2D eigenvalue weighted by Gasteiger charge is -2.02. The minimum Gasteiger partial charge on any atom is -0.429 e. The first-order chi connectivity index (χ1) is 7.83. The Morgan fingerprint density at radius 1 is 1.31 bits per heavy atom. The Kier molecular flexibility index (Phi) is 2.81. The Morgan fingerprint density at radius 2 is 2.12 bits per heavy atom. The fourth-order valence-electron chi connectivity index (χ4n) is 1.39. The number of hydrogen-bond donors (Lipinski definition) is 0. The second-order valence-corrected chi connectivity index (χ2v) is 5.60. The molecule has 1 heterocycles. The van der Waals surface area contributed by atoms with E-state index in [1.807, 2.05) is 24.3 Å². The van der Waals surface area contributed by atoms with Gasteiger partial charge in [0.1, 0.15) is 11.6 Å². The standard InChI is InChI=1S/C11H9IN2OS/c12-8-3-1-2-4-9(8)15-11-13-10(14-16-11)7-5-6-7/h1-4,7H,5-6H2. The number of halogens is 1. The van der Waals surface area contributed by atoms with Crippen molar-refractivity contribution in [3.05, 3.63) is 33.7 Å². The molecule has 0 spiro atoms. The highest BCUT2D eigenvalue weighted by Gasteiger charge is 2.28. The van der Waals surface area contributed by atoms with Gasteiger partial charge in [-0.15, -0.1) is 0 Å². The van der Waals surface area contributed by atoms with Gasteiger partial charge in [0.2, 0.25) is 0 Å². The summed E-state index contributed by atoms with van der Waals surface area (Å²) in [6, 6.07) is 7.91. The third kappa shape index (κ3) is 2.20. The number of hydrogen-bond acceptors (Lipinski definition) is 4. The molecule has 0 saturated heterocycles. The fourth-order valence-corrected chi connectivity index (χ4v) is 2.51. The number of ether oxygens (including phenoxy) is 1. The lowest BCUT2D eigenvalue weighted by molar-refractivity contribution is 0.474. The van der Waals surface area contributed by atoms with Crippen LogP contribution >= 0.6 is 34.1 Å². The van der Waals surface area contributed by atoms with Gasteiger partial charge in [-0.2, -0.15) is 9.36 Å². The van der Waals surface area contributed by atoms with Gasteiger partial charge in [0.05, 0.1) is 3.57 Å². The van der Waals surface area contributed by atoms with Crippen molar-refractivity contribution >= 4 is 34.1 Å². The SMILES string of the molecule is Ic1ccccc1Oc1nc(C2CC2)ns1. The van der Waals surface area contributed by atoms with Crippen LogP contribution in [0.25, 0.3) is 0 Å². The van der Waals surface area contributed by atoms with Gasteiger partial charge < -0.3 is 4.74 Å². The van der Waals surface area contributed by atoms with Crippen LogP contribution in [-0.4, -0.2) is 9.36 Å². The fraction of sp³-hybridized carbons (Fsp3) is 0.273. The number of rotatable bonds is 3. The minimum absolute atomic E-state index is 0.587. The second kappa shape index (κ2) is 4.29. The summed E-state index contributed by atoms with van der Waals surface area (Å²) >= 11 is 3.59. The van der Waals surface area contributed by atoms with E-state index in [4.69, 9.17) is 4.74 Å². The number of benzene rings is 1. The first kappa shape index (κ1) is 10.5. The molecule has 1 saturated carbocycles. The lowest BCUT2D eigenvalue weighted by atomic mass is 10.3. The molecule has 3 rings (SSSR count). The van der Waals surface area contributed by atoms with Crippen LogP contribution in [0, 0.1) is 3.57 Å². The maximum absolute atomic E-state index is 5.71. The molecule has 0 bridgehead atoms. The molecule has 82 valence electrons. The van der Waals surface area contributed by atoms with Crippen LogP contribution in [0.5, 0.6) is 10.9 Å². The van der Waals surface area contributed by atoms with Gasteiger partial charge in [0.15, 0.2) is 0 Å². The van der Waals surface area contributed by atoms with Crippen molar-refractivity contribution < 1.29 is 4.74 Å². The van der Waals surface area contributed by atoms with E-state index in [2.05, 4.69) is 31.9 Å². The predicted octanol–water partition coefficient (Wildman–Crippen LogP) is 3.81. The molecule has 0 N–H and O–H groups in total. The normalized spacial score (nSPS) is 15.1. The molecule has 0 aliphatic heterocycles. The lowest BCUT2D eigenvalue weighted by Crippen LogP contribution is -1.87. The molecule has 1 aliphatic rings. The zero-order chi connectivity index (χ0) is 11.0. The number of aromatic nitrogens is 2. The molecular weight excluding hydrogens is 335 g/mol. The summed E-state index contributed by atoms with van der Waals surface area (Å²) in [6.45, 7) is 0. The second-order valence-electron chi connectivity index (χ2n) is 3.73. The highest BCUT2D eigenvalue weighted by atomic mass is 127. The zero-order valence-electron chi connectivity index (χ0n) is 8.39. The molecule has 16 heavy (non-hydrogen) atoms. The van der Waals surface area contributed by atoms with E-state index < -0.39 is 0 Å².